The molecule has 0 aromatic carbocycles. The Morgan fingerprint density at radius 3 is 2.64 bits per heavy atom. The summed E-state index contributed by atoms with van der Waals surface area (Å²) in [6, 6.07) is 0. The first-order valence-electron chi connectivity index (χ1n) is 5.04. The SMILES string of the molecule is SC1CC2CC1C1CCCC21. The summed E-state index contributed by atoms with van der Waals surface area (Å²) >= 11 is 4.68. The van der Waals surface area contributed by atoms with Gasteiger partial charge in [0.05, 0.1) is 0 Å². The number of rotatable bonds is 0. The maximum absolute atomic E-state index is 4.68. The molecular formula is C10H16S. The minimum Gasteiger partial charge on any atom is -0.176 e. The molecule has 0 nitrogen and oxygen atoms in total. The zero-order valence-electron chi connectivity index (χ0n) is 6.87. The molecule has 0 aromatic heterocycles. The lowest BCUT2D eigenvalue weighted by atomic mass is 9.81. The highest BCUT2D eigenvalue weighted by Gasteiger charge is 2.52. The van der Waals surface area contributed by atoms with Crippen molar-refractivity contribution in [2.75, 3.05) is 0 Å². The first kappa shape index (κ1) is 6.82. The van der Waals surface area contributed by atoms with Gasteiger partial charge in [-0.3, -0.25) is 0 Å². The van der Waals surface area contributed by atoms with Crippen LogP contribution in [0.3, 0.4) is 0 Å². The fourth-order valence-corrected chi connectivity index (χ4v) is 4.65. The molecule has 3 saturated carbocycles. The monoisotopic (exact) mass is 168 g/mol. The van der Waals surface area contributed by atoms with Gasteiger partial charge < -0.3 is 0 Å². The smallest absolute Gasteiger partial charge is 0.00506 e. The molecule has 0 radical (unpaired) electrons. The van der Waals surface area contributed by atoms with Crippen molar-refractivity contribution in [2.45, 2.75) is 37.4 Å². The average molecular weight is 168 g/mol. The van der Waals surface area contributed by atoms with Crippen molar-refractivity contribution in [1.29, 1.82) is 0 Å². The van der Waals surface area contributed by atoms with E-state index >= 15 is 0 Å². The third-order valence-corrected chi connectivity index (χ3v) is 4.99. The second-order valence-electron chi connectivity index (χ2n) is 4.72. The van der Waals surface area contributed by atoms with Crippen LogP contribution < -0.4 is 0 Å². The molecule has 0 spiro atoms. The minimum absolute atomic E-state index is 0.777. The molecule has 0 saturated heterocycles. The molecule has 2 bridgehead atoms. The molecule has 1 heteroatoms. The van der Waals surface area contributed by atoms with E-state index in [2.05, 4.69) is 12.6 Å². The maximum Gasteiger partial charge on any atom is 0.00506 e. The third-order valence-electron chi connectivity index (χ3n) is 4.39. The Hall–Kier alpha value is 0.350. The summed E-state index contributed by atoms with van der Waals surface area (Å²) in [5.74, 6) is 4.37. The molecule has 3 aliphatic rings. The Bertz CT molecular complexity index is 178. The maximum atomic E-state index is 4.68. The van der Waals surface area contributed by atoms with Crippen molar-refractivity contribution in [3.05, 3.63) is 0 Å². The van der Waals surface area contributed by atoms with E-state index < -0.39 is 0 Å². The van der Waals surface area contributed by atoms with Crippen molar-refractivity contribution in [3.8, 4) is 0 Å². The predicted molar refractivity (Wildman–Crippen MR) is 49.8 cm³/mol. The predicted octanol–water partition coefficient (Wildman–Crippen LogP) is 2.74. The summed E-state index contributed by atoms with van der Waals surface area (Å²) in [4.78, 5) is 0. The molecule has 3 aliphatic carbocycles. The van der Waals surface area contributed by atoms with E-state index in [0.717, 1.165) is 28.9 Å². The van der Waals surface area contributed by atoms with Crippen LogP contribution in [-0.4, -0.2) is 5.25 Å². The lowest BCUT2D eigenvalue weighted by Crippen LogP contribution is -2.24. The van der Waals surface area contributed by atoms with E-state index in [1.54, 1.807) is 6.42 Å². The van der Waals surface area contributed by atoms with Crippen molar-refractivity contribution >= 4 is 12.6 Å². The zero-order valence-corrected chi connectivity index (χ0v) is 7.76. The van der Waals surface area contributed by atoms with Gasteiger partial charge in [0.25, 0.3) is 0 Å². The fraction of sp³-hybridized carbons (Fsp3) is 1.00. The molecule has 3 rings (SSSR count). The first-order chi connectivity index (χ1) is 5.36. The van der Waals surface area contributed by atoms with Gasteiger partial charge in [0.1, 0.15) is 0 Å². The summed E-state index contributed by atoms with van der Waals surface area (Å²) in [6.07, 6.45) is 7.57. The van der Waals surface area contributed by atoms with E-state index in [4.69, 9.17) is 0 Å². The molecule has 0 N–H and O–H groups in total. The molecule has 0 heterocycles. The van der Waals surface area contributed by atoms with Gasteiger partial charge in [-0.15, -0.1) is 0 Å². The first-order valence-corrected chi connectivity index (χ1v) is 5.56. The normalized spacial score (nSPS) is 60.3. The van der Waals surface area contributed by atoms with Gasteiger partial charge in [-0.1, -0.05) is 6.42 Å². The lowest BCUT2D eigenvalue weighted by Gasteiger charge is -2.28. The van der Waals surface area contributed by atoms with Crippen LogP contribution in [0.4, 0.5) is 0 Å². The summed E-state index contributed by atoms with van der Waals surface area (Å²) in [5.41, 5.74) is 0. The number of hydrogen-bond donors (Lipinski definition) is 1. The van der Waals surface area contributed by atoms with E-state index in [-0.39, 0.29) is 0 Å². The van der Waals surface area contributed by atoms with Crippen LogP contribution in [-0.2, 0) is 0 Å². The van der Waals surface area contributed by atoms with Gasteiger partial charge in [0.15, 0.2) is 0 Å². The average Bonchev–Trinajstić information content (AvgIpc) is 2.52. The van der Waals surface area contributed by atoms with Crippen LogP contribution in [0.2, 0.25) is 0 Å². The highest BCUT2D eigenvalue weighted by atomic mass is 32.1. The Morgan fingerprint density at radius 1 is 0.909 bits per heavy atom. The van der Waals surface area contributed by atoms with Crippen LogP contribution in [0.15, 0.2) is 0 Å². The largest absolute Gasteiger partial charge is 0.176 e. The molecule has 0 aromatic rings. The molecule has 0 aliphatic heterocycles. The van der Waals surface area contributed by atoms with Crippen LogP contribution in [0.5, 0.6) is 0 Å². The van der Waals surface area contributed by atoms with Gasteiger partial charge >= 0.3 is 0 Å². The van der Waals surface area contributed by atoms with Gasteiger partial charge in [0, 0.05) is 5.25 Å². The van der Waals surface area contributed by atoms with Crippen molar-refractivity contribution in [3.63, 3.8) is 0 Å². The Kier molecular flexibility index (Phi) is 1.36. The molecule has 11 heavy (non-hydrogen) atoms. The summed E-state index contributed by atoms with van der Waals surface area (Å²) < 4.78 is 0. The second kappa shape index (κ2) is 2.18. The van der Waals surface area contributed by atoms with Crippen molar-refractivity contribution in [1.82, 2.24) is 0 Å². The Morgan fingerprint density at radius 2 is 1.73 bits per heavy atom. The zero-order chi connectivity index (χ0) is 7.42. The van der Waals surface area contributed by atoms with Crippen LogP contribution in [0, 0.1) is 23.7 Å². The quantitative estimate of drug-likeness (QED) is 0.528. The highest BCUT2D eigenvalue weighted by Crippen LogP contribution is 2.59. The third kappa shape index (κ3) is 0.783. The van der Waals surface area contributed by atoms with Crippen LogP contribution in [0.25, 0.3) is 0 Å². The minimum atomic E-state index is 0.777. The molecule has 62 valence electrons. The number of thiol groups is 1. The van der Waals surface area contributed by atoms with Crippen LogP contribution in [0.1, 0.15) is 32.1 Å². The summed E-state index contributed by atoms with van der Waals surface area (Å²) in [5, 5.41) is 0.777. The van der Waals surface area contributed by atoms with E-state index in [9.17, 15) is 0 Å². The van der Waals surface area contributed by atoms with Gasteiger partial charge in [-0.2, -0.15) is 12.6 Å². The second-order valence-corrected chi connectivity index (χ2v) is 5.38. The Balaban J connectivity index is 1.90. The van der Waals surface area contributed by atoms with Crippen molar-refractivity contribution < 1.29 is 0 Å². The van der Waals surface area contributed by atoms with E-state index in [1.165, 1.54) is 25.7 Å². The standard InChI is InChI=1S/C10H16S/c11-10-5-6-4-9(10)8-3-1-2-7(6)8/h6-11H,1-5H2. The van der Waals surface area contributed by atoms with Gasteiger partial charge in [-0.25, -0.2) is 0 Å². The topological polar surface area (TPSA) is 0 Å². The lowest BCUT2D eigenvalue weighted by molar-refractivity contribution is 0.267. The molecule has 0 amide bonds. The van der Waals surface area contributed by atoms with Gasteiger partial charge in [-0.05, 0) is 49.4 Å². The highest BCUT2D eigenvalue weighted by molar-refractivity contribution is 7.81. The molecule has 5 unspecified atom stereocenters. The number of hydrogen-bond acceptors (Lipinski definition) is 1. The fourth-order valence-electron chi connectivity index (χ4n) is 4.03. The van der Waals surface area contributed by atoms with Crippen LogP contribution >= 0.6 is 12.6 Å². The molecular weight excluding hydrogens is 152 g/mol. The van der Waals surface area contributed by atoms with Crippen molar-refractivity contribution in [2.24, 2.45) is 23.7 Å². The molecule has 5 atom stereocenters. The Labute approximate surface area is 74.2 Å². The van der Waals surface area contributed by atoms with Gasteiger partial charge in [0.2, 0.25) is 0 Å². The van der Waals surface area contributed by atoms with E-state index in [1.807, 2.05) is 0 Å². The summed E-state index contributed by atoms with van der Waals surface area (Å²) in [6.45, 7) is 0. The van der Waals surface area contributed by atoms with E-state index in [0.29, 0.717) is 0 Å². The number of fused-ring (bicyclic) bond motifs is 5. The molecule has 3 fully saturated rings. The summed E-state index contributed by atoms with van der Waals surface area (Å²) in [7, 11) is 0.